The van der Waals surface area contributed by atoms with Crippen molar-refractivity contribution >= 4 is 114 Å². The zero-order chi connectivity index (χ0) is 52.4. The quantitative estimate of drug-likeness (QED) is 0.0684. The van der Waals surface area contributed by atoms with Crippen LogP contribution in [0.15, 0.2) is 217 Å². The Balaban J connectivity index is 0.923. The molecule has 2 aliphatic rings. The molecule has 0 heterocycles. The maximum atomic E-state index is 2.46. The van der Waals surface area contributed by atoms with E-state index in [0.29, 0.717) is 0 Å². The number of aryl methyl sites for hydroxylation is 2. The molecule has 0 atom stereocenters. The molecule has 11 aromatic carbocycles. The number of rotatable bonds is 12. The summed E-state index contributed by atoms with van der Waals surface area (Å²) in [4.78, 5) is 4.93. The predicted octanol–water partition coefficient (Wildman–Crippen LogP) is 22.3. The monoisotopic (exact) mass is 1010 g/mol. The molecule has 0 amide bonds. The maximum absolute atomic E-state index is 2.46. The van der Waals surface area contributed by atoms with Crippen LogP contribution in [0.5, 0.6) is 0 Å². The fourth-order valence-electron chi connectivity index (χ4n) is 12.3. The van der Waals surface area contributed by atoms with Crippen LogP contribution in [0, 0.1) is 13.8 Å². The summed E-state index contributed by atoms with van der Waals surface area (Å²) < 4.78 is 0. The molecule has 13 rings (SSSR count). The smallest absolute Gasteiger partial charge is 0.0540 e. The van der Waals surface area contributed by atoms with E-state index >= 15 is 0 Å². The number of anilines is 6. The van der Waals surface area contributed by atoms with E-state index in [2.05, 4.69) is 266 Å². The van der Waals surface area contributed by atoms with E-state index in [1.807, 2.05) is 0 Å². The molecule has 11 aromatic rings. The van der Waals surface area contributed by atoms with Gasteiger partial charge in [0, 0.05) is 33.5 Å². The van der Waals surface area contributed by atoms with Gasteiger partial charge in [0.1, 0.15) is 0 Å². The highest BCUT2D eigenvalue weighted by Gasteiger charge is 2.23. The molecule has 0 bridgehead atoms. The van der Waals surface area contributed by atoms with Gasteiger partial charge in [-0.25, -0.2) is 0 Å². The minimum absolute atomic E-state index is 1.12. The third-order valence-electron chi connectivity index (χ3n) is 16.5. The molecular formula is C76H66N2. The highest BCUT2D eigenvalue weighted by molar-refractivity contribution is 6.35. The van der Waals surface area contributed by atoms with Crippen LogP contribution in [0.25, 0.3) is 79.5 Å². The van der Waals surface area contributed by atoms with Crippen molar-refractivity contribution in [1.29, 1.82) is 0 Å². The molecule has 0 aromatic heterocycles. The number of hydrogen-bond acceptors (Lipinski definition) is 2. The molecule has 0 unspecified atom stereocenters. The molecule has 380 valence electrons. The number of nitrogens with zero attached hydrogens (tertiary/aromatic N) is 2. The second-order valence-corrected chi connectivity index (χ2v) is 22.0. The molecular weight excluding hydrogens is 941 g/mol. The average molecular weight is 1010 g/mol. The van der Waals surface area contributed by atoms with Crippen molar-refractivity contribution < 1.29 is 0 Å². The van der Waals surface area contributed by atoms with E-state index in [1.165, 1.54) is 152 Å². The Morgan fingerprint density at radius 3 is 0.885 bits per heavy atom. The Bertz CT molecular complexity index is 3740. The average Bonchev–Trinajstić information content (AvgIpc) is 3.63. The first kappa shape index (κ1) is 48.9. The molecule has 2 fully saturated rings. The summed E-state index contributed by atoms with van der Waals surface area (Å²) in [5.74, 6) is 0. The van der Waals surface area contributed by atoms with Crippen molar-refractivity contribution in [3.8, 4) is 0 Å². The standard InChI is InChI=1S/C76H66N2/c1-53-19-23-55(24-20-53)27-29-57-31-39-63(40-32-57)77(65-43-35-61(36-44-65)51-59-11-5-3-6-12-59)73-49-47-69-68-16-10-18-72-74(50-48-70(76(68)72)67-15-9-17-71(73)75(67)69)78(66-45-37-62(38-46-66)52-60-13-7-4-8-14-60)64-41-33-58(34-42-64)30-28-56-25-21-54(2)22-26-56/h9-10,15-52H,3-8,11-14H2,1-2H3/b29-27+,30-28+. The first-order valence-electron chi connectivity index (χ1n) is 28.5. The van der Waals surface area contributed by atoms with E-state index in [1.54, 1.807) is 11.1 Å². The van der Waals surface area contributed by atoms with Crippen LogP contribution < -0.4 is 9.80 Å². The number of benzene rings is 11. The number of fused-ring (bicyclic) bond motifs is 2. The molecule has 0 radical (unpaired) electrons. The second-order valence-electron chi connectivity index (χ2n) is 22.0. The van der Waals surface area contributed by atoms with Crippen molar-refractivity contribution in [1.82, 2.24) is 0 Å². The summed E-state index contributed by atoms with van der Waals surface area (Å²) in [6.07, 6.45) is 26.4. The van der Waals surface area contributed by atoms with Gasteiger partial charge < -0.3 is 9.80 Å². The van der Waals surface area contributed by atoms with Gasteiger partial charge in [-0.05, 0) is 192 Å². The minimum atomic E-state index is 1.12. The highest BCUT2D eigenvalue weighted by Crippen LogP contribution is 2.49. The van der Waals surface area contributed by atoms with Crippen molar-refractivity contribution in [2.75, 3.05) is 9.80 Å². The summed E-state index contributed by atoms with van der Waals surface area (Å²) in [5.41, 5.74) is 19.8. The van der Waals surface area contributed by atoms with Crippen molar-refractivity contribution in [3.05, 3.63) is 262 Å². The van der Waals surface area contributed by atoms with E-state index in [9.17, 15) is 0 Å². The topological polar surface area (TPSA) is 6.48 Å². The van der Waals surface area contributed by atoms with E-state index in [4.69, 9.17) is 0 Å². The number of hydrogen-bond donors (Lipinski definition) is 0. The van der Waals surface area contributed by atoms with Crippen molar-refractivity contribution in [2.24, 2.45) is 0 Å². The fourth-order valence-corrected chi connectivity index (χ4v) is 12.3. The third kappa shape index (κ3) is 10.1. The van der Waals surface area contributed by atoms with Gasteiger partial charge in [-0.1, -0.05) is 217 Å². The Morgan fingerprint density at radius 1 is 0.269 bits per heavy atom. The summed E-state index contributed by atoms with van der Waals surface area (Å²) >= 11 is 0. The minimum Gasteiger partial charge on any atom is -0.310 e. The van der Waals surface area contributed by atoms with Gasteiger partial charge in [0.2, 0.25) is 0 Å². The predicted molar refractivity (Wildman–Crippen MR) is 339 cm³/mol. The first-order valence-corrected chi connectivity index (χ1v) is 28.5. The van der Waals surface area contributed by atoms with E-state index in [0.717, 1.165) is 34.1 Å². The van der Waals surface area contributed by atoms with Crippen LogP contribution >= 0.6 is 0 Å². The van der Waals surface area contributed by atoms with Gasteiger partial charge in [-0.3, -0.25) is 0 Å². The molecule has 0 spiro atoms. The van der Waals surface area contributed by atoms with Crippen LogP contribution in [0.2, 0.25) is 0 Å². The lowest BCUT2D eigenvalue weighted by atomic mass is 9.88. The fraction of sp³-hybridized carbons (Fsp3) is 0.158. The van der Waals surface area contributed by atoms with E-state index in [-0.39, 0.29) is 0 Å². The van der Waals surface area contributed by atoms with Gasteiger partial charge in [0.25, 0.3) is 0 Å². The lowest BCUT2D eigenvalue weighted by Gasteiger charge is -2.29. The second kappa shape index (κ2) is 21.7. The summed E-state index contributed by atoms with van der Waals surface area (Å²) in [6, 6.07) is 77.4. The Morgan fingerprint density at radius 2 is 0.551 bits per heavy atom. The van der Waals surface area contributed by atoms with E-state index < -0.39 is 0 Å². The van der Waals surface area contributed by atoms with Crippen LogP contribution in [0.3, 0.4) is 0 Å². The molecule has 2 heteroatoms. The van der Waals surface area contributed by atoms with Crippen molar-refractivity contribution in [3.63, 3.8) is 0 Å². The first-order chi connectivity index (χ1) is 38.5. The van der Waals surface area contributed by atoms with Gasteiger partial charge in [-0.2, -0.15) is 0 Å². The van der Waals surface area contributed by atoms with Gasteiger partial charge in [0.05, 0.1) is 11.4 Å². The molecule has 0 aliphatic heterocycles. The molecule has 78 heavy (non-hydrogen) atoms. The third-order valence-corrected chi connectivity index (χ3v) is 16.5. The van der Waals surface area contributed by atoms with Crippen LogP contribution in [-0.2, 0) is 0 Å². The van der Waals surface area contributed by atoms with Gasteiger partial charge >= 0.3 is 0 Å². The lowest BCUT2D eigenvalue weighted by Crippen LogP contribution is -2.11. The summed E-state index contributed by atoms with van der Waals surface area (Å²) in [6.45, 7) is 4.27. The Labute approximate surface area is 461 Å². The van der Waals surface area contributed by atoms with Crippen molar-refractivity contribution in [2.45, 2.75) is 78.1 Å². The number of allylic oxidation sites excluding steroid dienone is 2. The normalized spacial score (nSPS) is 14.1. The molecule has 2 saturated carbocycles. The van der Waals surface area contributed by atoms with Crippen LogP contribution in [0.4, 0.5) is 34.1 Å². The highest BCUT2D eigenvalue weighted by atomic mass is 15.1. The molecule has 2 nitrogen and oxygen atoms in total. The Hall–Kier alpha value is -8.72. The summed E-state index contributed by atoms with van der Waals surface area (Å²) in [7, 11) is 0. The van der Waals surface area contributed by atoms with Gasteiger partial charge in [-0.15, -0.1) is 0 Å². The molecule has 0 N–H and O–H groups in total. The van der Waals surface area contributed by atoms with Crippen LogP contribution in [-0.4, -0.2) is 0 Å². The SMILES string of the molecule is Cc1ccc(/C=C/c2ccc(N(c3ccc(C=C4CCCCC4)cc3)c3ccc4c5cccc6c(N(c7ccc(C=C8CCCCC8)cc7)c7ccc(/C=C/c8ccc(C)cc8)cc7)ccc(c7cccc3c74)c65)cc2)cc1. The molecule has 2 aliphatic carbocycles. The maximum Gasteiger partial charge on any atom is 0.0540 e. The Kier molecular flexibility index (Phi) is 13.6. The molecule has 0 saturated heterocycles. The summed E-state index contributed by atoms with van der Waals surface area (Å²) in [5, 5.41) is 10.1. The van der Waals surface area contributed by atoms with Crippen LogP contribution in [0.1, 0.15) is 109 Å². The van der Waals surface area contributed by atoms with Gasteiger partial charge in [0.15, 0.2) is 0 Å². The zero-order valence-electron chi connectivity index (χ0n) is 45.1. The zero-order valence-corrected chi connectivity index (χ0v) is 45.1. The lowest BCUT2D eigenvalue weighted by molar-refractivity contribution is 0.602. The largest absolute Gasteiger partial charge is 0.310 e.